The highest BCUT2D eigenvalue weighted by atomic mass is 79.9. The zero-order chi connectivity index (χ0) is 14.0. The molecule has 100 valence electrons. The molecule has 0 saturated heterocycles. The average Bonchev–Trinajstić information content (AvgIpc) is 2.78. The Morgan fingerprint density at radius 3 is 2.89 bits per heavy atom. The number of carbonyl (C=O) groups excluding carboxylic acids is 1. The van der Waals surface area contributed by atoms with E-state index in [1.165, 1.54) is 29.2 Å². The van der Waals surface area contributed by atoms with Crippen molar-refractivity contribution in [2.45, 2.75) is 13.0 Å². The zero-order valence-corrected chi connectivity index (χ0v) is 12.2. The minimum atomic E-state index is -0.587. The molecule has 2 aromatic rings. The van der Waals surface area contributed by atoms with Crippen LogP contribution in [0.3, 0.4) is 0 Å². The van der Waals surface area contributed by atoms with Gasteiger partial charge in [0.1, 0.15) is 11.9 Å². The van der Waals surface area contributed by atoms with Gasteiger partial charge in [0.15, 0.2) is 0 Å². The lowest BCUT2D eigenvalue weighted by molar-refractivity contribution is -0.119. The molecule has 19 heavy (non-hydrogen) atoms. The maximum Gasteiger partial charge on any atom is 0.249 e. The predicted octanol–water partition coefficient (Wildman–Crippen LogP) is 3.64. The molecule has 4 nitrogen and oxygen atoms in total. The molecular formula is C12H10BrClFN3O. The number of halogens is 3. The van der Waals surface area contributed by atoms with Crippen molar-refractivity contribution in [3.8, 4) is 0 Å². The summed E-state index contributed by atoms with van der Waals surface area (Å²) >= 11 is 8.88. The molecule has 0 aliphatic rings. The van der Waals surface area contributed by atoms with Gasteiger partial charge in [-0.05, 0) is 25.1 Å². The van der Waals surface area contributed by atoms with Crippen LogP contribution in [-0.4, -0.2) is 15.7 Å². The van der Waals surface area contributed by atoms with E-state index in [0.29, 0.717) is 9.50 Å². The Hall–Kier alpha value is -1.40. The monoisotopic (exact) mass is 345 g/mol. The Morgan fingerprint density at radius 2 is 2.32 bits per heavy atom. The molecule has 1 amide bonds. The number of hydrogen-bond acceptors (Lipinski definition) is 2. The second-order valence-corrected chi connectivity index (χ2v) is 5.28. The summed E-state index contributed by atoms with van der Waals surface area (Å²) in [6.07, 6.45) is 2.97. The van der Waals surface area contributed by atoms with Crippen molar-refractivity contribution in [1.29, 1.82) is 0 Å². The van der Waals surface area contributed by atoms with Crippen molar-refractivity contribution >= 4 is 39.1 Å². The lowest BCUT2D eigenvalue weighted by Gasteiger charge is -2.13. The number of amides is 1. The van der Waals surface area contributed by atoms with Gasteiger partial charge >= 0.3 is 0 Å². The molecule has 7 heteroatoms. The second-order valence-electron chi connectivity index (χ2n) is 3.93. The maximum absolute atomic E-state index is 13.6. The second kappa shape index (κ2) is 5.71. The molecule has 1 N–H and O–H groups in total. The van der Waals surface area contributed by atoms with E-state index in [-0.39, 0.29) is 11.6 Å². The first-order valence-corrected chi connectivity index (χ1v) is 6.60. The van der Waals surface area contributed by atoms with Crippen molar-refractivity contribution < 1.29 is 9.18 Å². The highest BCUT2D eigenvalue weighted by molar-refractivity contribution is 9.10. The van der Waals surface area contributed by atoms with Gasteiger partial charge in [-0.15, -0.1) is 0 Å². The van der Waals surface area contributed by atoms with Crippen LogP contribution in [0.25, 0.3) is 0 Å². The van der Waals surface area contributed by atoms with Crippen LogP contribution in [0, 0.1) is 5.82 Å². The van der Waals surface area contributed by atoms with Crippen LogP contribution in [0.2, 0.25) is 5.02 Å². The molecule has 1 aromatic heterocycles. The summed E-state index contributed by atoms with van der Waals surface area (Å²) in [7, 11) is 0. The molecule has 2 rings (SSSR count). The third kappa shape index (κ3) is 3.33. The van der Waals surface area contributed by atoms with Gasteiger partial charge in [-0.25, -0.2) is 4.39 Å². The largest absolute Gasteiger partial charge is 0.322 e. The van der Waals surface area contributed by atoms with Gasteiger partial charge in [0.05, 0.1) is 16.9 Å². The van der Waals surface area contributed by atoms with Crippen LogP contribution < -0.4 is 5.32 Å². The fourth-order valence-corrected chi connectivity index (χ4v) is 1.95. The molecule has 0 bridgehead atoms. The van der Waals surface area contributed by atoms with E-state index in [0.717, 1.165) is 0 Å². The summed E-state index contributed by atoms with van der Waals surface area (Å²) in [5, 5.41) is 6.88. The van der Waals surface area contributed by atoms with Crippen LogP contribution in [0.15, 0.2) is 35.1 Å². The normalized spacial score (nSPS) is 12.2. The van der Waals surface area contributed by atoms with Crippen molar-refractivity contribution in [1.82, 2.24) is 9.78 Å². The van der Waals surface area contributed by atoms with Crippen LogP contribution in [0.1, 0.15) is 13.0 Å². The minimum absolute atomic E-state index is 0.123. The van der Waals surface area contributed by atoms with Crippen LogP contribution in [-0.2, 0) is 4.79 Å². The maximum atomic E-state index is 13.6. The SMILES string of the molecule is CC(C(=O)Nc1ccc(Br)cc1F)n1cc(Cl)cn1. The minimum Gasteiger partial charge on any atom is -0.322 e. The standard InChI is InChI=1S/C12H10BrClFN3O/c1-7(18-6-9(14)5-16-18)12(19)17-11-3-2-8(13)4-10(11)15/h2-7H,1H3,(H,17,19). The molecule has 0 aliphatic carbocycles. The number of benzene rings is 1. The molecule has 0 fully saturated rings. The first-order valence-electron chi connectivity index (χ1n) is 5.43. The Kier molecular flexibility index (Phi) is 4.21. The summed E-state index contributed by atoms with van der Waals surface area (Å²) in [6, 6.07) is 3.83. The van der Waals surface area contributed by atoms with Crippen molar-refractivity contribution in [3.63, 3.8) is 0 Å². The molecule has 0 aliphatic heterocycles. The Balaban J connectivity index is 2.12. The molecule has 0 radical (unpaired) electrons. The topological polar surface area (TPSA) is 46.9 Å². The van der Waals surface area contributed by atoms with E-state index in [4.69, 9.17) is 11.6 Å². The van der Waals surface area contributed by atoms with Gasteiger partial charge in [0, 0.05) is 10.7 Å². The first kappa shape index (κ1) is 14.0. The Morgan fingerprint density at radius 1 is 1.58 bits per heavy atom. The highest BCUT2D eigenvalue weighted by Gasteiger charge is 2.17. The molecule has 1 aromatic carbocycles. The molecule has 1 unspecified atom stereocenters. The quantitative estimate of drug-likeness (QED) is 0.922. The molecular weight excluding hydrogens is 337 g/mol. The van der Waals surface area contributed by atoms with Gasteiger partial charge in [-0.2, -0.15) is 5.10 Å². The van der Waals surface area contributed by atoms with Crippen LogP contribution in [0.5, 0.6) is 0 Å². The molecule has 1 atom stereocenters. The van der Waals surface area contributed by atoms with E-state index < -0.39 is 11.9 Å². The van der Waals surface area contributed by atoms with Gasteiger partial charge < -0.3 is 5.32 Å². The van der Waals surface area contributed by atoms with Crippen molar-refractivity contribution in [2.24, 2.45) is 0 Å². The van der Waals surface area contributed by atoms with Gasteiger partial charge in [0.2, 0.25) is 5.91 Å². The van der Waals surface area contributed by atoms with Crippen molar-refractivity contribution in [2.75, 3.05) is 5.32 Å². The van der Waals surface area contributed by atoms with E-state index in [9.17, 15) is 9.18 Å². The summed E-state index contributed by atoms with van der Waals surface area (Å²) in [5.74, 6) is -0.880. The fraction of sp³-hybridized carbons (Fsp3) is 0.167. The summed E-state index contributed by atoms with van der Waals surface area (Å²) in [5.41, 5.74) is 0.123. The fourth-order valence-electron chi connectivity index (χ4n) is 1.47. The number of aromatic nitrogens is 2. The average molecular weight is 347 g/mol. The Labute approximate surface area is 122 Å². The van der Waals surface area contributed by atoms with E-state index in [1.807, 2.05) is 0 Å². The lowest BCUT2D eigenvalue weighted by atomic mass is 10.2. The van der Waals surface area contributed by atoms with Crippen LogP contribution >= 0.6 is 27.5 Å². The van der Waals surface area contributed by atoms with E-state index in [1.54, 1.807) is 13.0 Å². The summed E-state index contributed by atoms with van der Waals surface area (Å²) in [4.78, 5) is 12.0. The van der Waals surface area contributed by atoms with E-state index >= 15 is 0 Å². The summed E-state index contributed by atoms with van der Waals surface area (Å²) in [6.45, 7) is 1.65. The number of nitrogens with zero attached hydrogens (tertiary/aromatic N) is 2. The third-order valence-electron chi connectivity index (χ3n) is 2.54. The van der Waals surface area contributed by atoms with Gasteiger partial charge in [-0.3, -0.25) is 9.48 Å². The number of anilines is 1. The number of hydrogen-bond donors (Lipinski definition) is 1. The first-order chi connectivity index (χ1) is 8.97. The summed E-state index contributed by atoms with van der Waals surface area (Å²) < 4.78 is 15.6. The van der Waals surface area contributed by atoms with E-state index in [2.05, 4.69) is 26.3 Å². The lowest BCUT2D eigenvalue weighted by Crippen LogP contribution is -2.24. The number of nitrogens with one attached hydrogen (secondary N) is 1. The number of carbonyl (C=O) groups is 1. The van der Waals surface area contributed by atoms with Crippen molar-refractivity contribution in [3.05, 3.63) is 45.9 Å². The van der Waals surface area contributed by atoms with Gasteiger partial charge in [0.25, 0.3) is 0 Å². The third-order valence-corrected chi connectivity index (χ3v) is 3.22. The molecule has 1 heterocycles. The van der Waals surface area contributed by atoms with Gasteiger partial charge in [-0.1, -0.05) is 27.5 Å². The smallest absolute Gasteiger partial charge is 0.249 e. The molecule has 0 saturated carbocycles. The number of rotatable bonds is 3. The highest BCUT2D eigenvalue weighted by Crippen LogP contribution is 2.20. The molecule has 0 spiro atoms. The Bertz CT molecular complexity index is 617. The van der Waals surface area contributed by atoms with Crippen LogP contribution in [0.4, 0.5) is 10.1 Å². The predicted molar refractivity (Wildman–Crippen MR) is 74.7 cm³/mol. The zero-order valence-electron chi connectivity index (χ0n) is 9.90.